The van der Waals surface area contributed by atoms with Crippen molar-refractivity contribution in [3.05, 3.63) is 62.7 Å². The number of fused-ring (bicyclic) bond motifs is 1. The highest BCUT2D eigenvalue weighted by Gasteiger charge is 2.25. The molecule has 0 saturated carbocycles. The van der Waals surface area contributed by atoms with Crippen molar-refractivity contribution in [3.8, 4) is 5.75 Å². The zero-order valence-corrected chi connectivity index (χ0v) is 16.7. The van der Waals surface area contributed by atoms with Gasteiger partial charge in [-0.15, -0.1) is 0 Å². The predicted molar refractivity (Wildman–Crippen MR) is 111 cm³/mol. The van der Waals surface area contributed by atoms with Crippen molar-refractivity contribution < 1.29 is 23.8 Å². The van der Waals surface area contributed by atoms with Crippen LogP contribution in [0.5, 0.6) is 5.75 Å². The van der Waals surface area contributed by atoms with Crippen LogP contribution in [0.15, 0.2) is 46.0 Å². The second-order valence-electron chi connectivity index (χ2n) is 6.18. The maximum atomic E-state index is 13.0. The molecular weight excluding hydrogens is 437 g/mol. The molecule has 3 aromatic rings. The largest absolute Gasteiger partial charge is 0.491 e. The van der Waals surface area contributed by atoms with Crippen LogP contribution in [0.2, 0.25) is 10.0 Å². The minimum atomic E-state index is -1.06. The summed E-state index contributed by atoms with van der Waals surface area (Å²) in [5.74, 6) is -0.475. The first-order chi connectivity index (χ1) is 14.3. The van der Waals surface area contributed by atoms with Crippen molar-refractivity contribution >= 4 is 51.7 Å². The van der Waals surface area contributed by atoms with Gasteiger partial charge < -0.3 is 25.3 Å². The van der Waals surface area contributed by atoms with E-state index in [1.165, 1.54) is 30.3 Å². The number of hydrogen-bond donors (Lipinski definition) is 3. The van der Waals surface area contributed by atoms with Gasteiger partial charge in [0, 0.05) is 22.0 Å². The number of furan rings is 1. The Morgan fingerprint density at radius 1 is 1.23 bits per heavy atom. The summed E-state index contributed by atoms with van der Waals surface area (Å²) in [5, 5.41) is 15.4. The van der Waals surface area contributed by atoms with Gasteiger partial charge >= 0.3 is 6.03 Å². The van der Waals surface area contributed by atoms with Crippen LogP contribution in [0.1, 0.15) is 16.1 Å². The Morgan fingerprint density at radius 2 is 2.00 bits per heavy atom. The zero-order valence-electron chi connectivity index (χ0n) is 15.2. The van der Waals surface area contributed by atoms with Crippen LogP contribution in [0.4, 0.5) is 10.5 Å². The SMILES string of the molecule is NC(=O)Nc1c(C(=O)c2ccc(Cl)cc2Cl)oc2cc(OCC(O)CN=O)ccc12. The van der Waals surface area contributed by atoms with E-state index < -0.39 is 17.9 Å². The molecule has 4 N–H and O–H groups in total. The van der Waals surface area contributed by atoms with Crippen molar-refractivity contribution in [1.29, 1.82) is 0 Å². The van der Waals surface area contributed by atoms with Crippen LogP contribution >= 0.6 is 23.2 Å². The van der Waals surface area contributed by atoms with E-state index in [0.29, 0.717) is 16.2 Å². The van der Waals surface area contributed by atoms with E-state index in [1.54, 1.807) is 6.07 Å². The van der Waals surface area contributed by atoms with E-state index in [0.717, 1.165) is 0 Å². The van der Waals surface area contributed by atoms with Crippen molar-refractivity contribution in [2.75, 3.05) is 18.5 Å². The van der Waals surface area contributed by atoms with Gasteiger partial charge in [0.05, 0.1) is 5.02 Å². The summed E-state index contributed by atoms with van der Waals surface area (Å²) in [6, 6.07) is 7.99. The number of carbonyl (C=O) groups excluding carboxylic acids is 2. The van der Waals surface area contributed by atoms with Gasteiger partial charge in [0.25, 0.3) is 0 Å². The Bertz CT molecular complexity index is 1130. The molecule has 0 fully saturated rings. The third-order valence-corrected chi connectivity index (χ3v) is 4.57. The van der Waals surface area contributed by atoms with Crippen molar-refractivity contribution in [2.24, 2.45) is 10.9 Å². The Kier molecular flexibility index (Phi) is 6.56. The lowest BCUT2D eigenvalue weighted by atomic mass is 10.1. The number of aliphatic hydroxyl groups excluding tert-OH is 1. The fraction of sp³-hybridized carbons (Fsp3) is 0.158. The number of nitroso groups, excluding NO2 is 1. The molecule has 156 valence electrons. The molecule has 0 spiro atoms. The number of amides is 2. The maximum Gasteiger partial charge on any atom is 0.316 e. The third kappa shape index (κ3) is 4.70. The van der Waals surface area contributed by atoms with Crippen LogP contribution in [0.25, 0.3) is 11.0 Å². The number of nitrogens with two attached hydrogens (primary N) is 1. The molecule has 1 unspecified atom stereocenters. The first kappa shape index (κ1) is 21.6. The number of carbonyl (C=O) groups is 2. The summed E-state index contributed by atoms with van der Waals surface area (Å²) in [6.07, 6.45) is -1.06. The van der Waals surface area contributed by atoms with Gasteiger partial charge in [0.1, 0.15) is 36.3 Å². The van der Waals surface area contributed by atoms with Crippen molar-refractivity contribution in [3.63, 3.8) is 0 Å². The fourth-order valence-corrected chi connectivity index (χ4v) is 3.20. The molecule has 1 atom stereocenters. The summed E-state index contributed by atoms with van der Waals surface area (Å²) in [6.45, 7) is -0.479. The number of aliphatic hydroxyl groups is 1. The smallest absolute Gasteiger partial charge is 0.316 e. The highest BCUT2D eigenvalue weighted by molar-refractivity contribution is 6.37. The molecule has 0 aliphatic heterocycles. The second kappa shape index (κ2) is 9.12. The predicted octanol–water partition coefficient (Wildman–Crippen LogP) is 3.97. The number of hydrogen-bond acceptors (Lipinski definition) is 7. The molecule has 0 saturated heterocycles. The highest BCUT2D eigenvalue weighted by Crippen LogP contribution is 2.36. The van der Waals surface area contributed by atoms with Gasteiger partial charge in [-0.2, -0.15) is 4.91 Å². The van der Waals surface area contributed by atoms with Crippen LogP contribution < -0.4 is 15.8 Å². The molecule has 0 radical (unpaired) electrons. The van der Waals surface area contributed by atoms with E-state index >= 15 is 0 Å². The van der Waals surface area contributed by atoms with Crippen LogP contribution in [0.3, 0.4) is 0 Å². The van der Waals surface area contributed by atoms with Gasteiger partial charge in [-0.05, 0) is 30.3 Å². The van der Waals surface area contributed by atoms with Gasteiger partial charge in [-0.3, -0.25) is 4.79 Å². The first-order valence-electron chi connectivity index (χ1n) is 8.53. The van der Waals surface area contributed by atoms with Gasteiger partial charge in [-0.1, -0.05) is 28.4 Å². The summed E-state index contributed by atoms with van der Waals surface area (Å²) in [4.78, 5) is 34.7. The van der Waals surface area contributed by atoms with Crippen LogP contribution in [-0.4, -0.2) is 36.2 Å². The quantitative estimate of drug-likeness (QED) is 0.349. The molecule has 0 aliphatic carbocycles. The number of benzene rings is 2. The molecule has 1 heterocycles. The number of nitrogens with zero attached hydrogens (tertiary/aromatic N) is 1. The zero-order chi connectivity index (χ0) is 21.8. The van der Waals surface area contributed by atoms with Gasteiger partial charge in [0.15, 0.2) is 5.76 Å². The highest BCUT2D eigenvalue weighted by atomic mass is 35.5. The summed E-state index contributed by atoms with van der Waals surface area (Å²) < 4.78 is 11.1. The lowest BCUT2D eigenvalue weighted by Crippen LogP contribution is -2.20. The molecule has 9 nitrogen and oxygen atoms in total. The molecular formula is C19H15Cl2N3O6. The second-order valence-corrected chi connectivity index (χ2v) is 7.03. The molecule has 30 heavy (non-hydrogen) atoms. The molecule has 0 bridgehead atoms. The normalized spacial score (nSPS) is 11.8. The number of anilines is 1. The van der Waals surface area contributed by atoms with E-state index in [-0.39, 0.29) is 40.8 Å². The summed E-state index contributed by atoms with van der Waals surface area (Å²) >= 11 is 12.0. The Labute approximate surface area is 179 Å². The van der Waals surface area contributed by atoms with Gasteiger partial charge in [-0.25, -0.2) is 4.79 Å². The average molecular weight is 452 g/mol. The lowest BCUT2D eigenvalue weighted by molar-refractivity contribution is 0.101. The number of primary amides is 1. The van der Waals surface area contributed by atoms with Crippen molar-refractivity contribution in [1.82, 2.24) is 0 Å². The topological polar surface area (TPSA) is 144 Å². The number of ether oxygens (including phenoxy) is 1. The van der Waals surface area contributed by atoms with E-state index in [1.807, 2.05) is 0 Å². The van der Waals surface area contributed by atoms with E-state index in [9.17, 15) is 19.6 Å². The minimum Gasteiger partial charge on any atom is -0.491 e. The third-order valence-electron chi connectivity index (χ3n) is 4.02. The molecule has 2 aromatic carbocycles. The fourth-order valence-electron chi connectivity index (χ4n) is 2.70. The Balaban J connectivity index is 2.01. The minimum absolute atomic E-state index is 0.0743. The molecule has 11 heteroatoms. The van der Waals surface area contributed by atoms with Crippen molar-refractivity contribution in [2.45, 2.75) is 6.10 Å². The Morgan fingerprint density at radius 3 is 2.67 bits per heavy atom. The van der Waals surface area contributed by atoms with E-state index in [2.05, 4.69) is 10.5 Å². The average Bonchev–Trinajstić information content (AvgIpc) is 3.03. The number of halogens is 2. The van der Waals surface area contributed by atoms with Crippen LogP contribution in [-0.2, 0) is 0 Å². The number of urea groups is 1. The maximum absolute atomic E-state index is 13.0. The van der Waals surface area contributed by atoms with Crippen LogP contribution in [0, 0.1) is 4.91 Å². The van der Waals surface area contributed by atoms with Gasteiger partial charge in [0.2, 0.25) is 5.78 Å². The summed E-state index contributed by atoms with van der Waals surface area (Å²) in [7, 11) is 0. The molecule has 3 rings (SSSR count). The monoisotopic (exact) mass is 451 g/mol. The number of rotatable bonds is 8. The molecule has 0 aliphatic rings. The first-order valence-corrected chi connectivity index (χ1v) is 9.28. The standard InChI is InChI=1S/C19H15Cl2N3O6/c20-9-1-3-12(14(21)5-9)17(26)18-16(24-19(22)27)13-4-2-11(6-15(13)30-18)29-8-10(25)7-23-28/h1-6,10,25H,7-8H2,(H3,22,24,27). The molecule has 2 amide bonds. The number of ketones is 1. The Hall–Kier alpha value is -3.14. The van der Waals surface area contributed by atoms with E-state index in [4.69, 9.17) is 38.1 Å². The molecule has 1 aromatic heterocycles. The number of nitrogens with one attached hydrogen (secondary N) is 1. The lowest BCUT2D eigenvalue weighted by Gasteiger charge is -2.09. The summed E-state index contributed by atoms with van der Waals surface area (Å²) in [5.41, 5.74) is 5.65.